The fourth-order valence-electron chi connectivity index (χ4n) is 1.74. The summed E-state index contributed by atoms with van der Waals surface area (Å²) in [5.41, 5.74) is 3.88. The van der Waals surface area contributed by atoms with Crippen LogP contribution in [-0.2, 0) is 4.79 Å². The first-order valence-corrected chi connectivity index (χ1v) is 6.66. The van der Waals surface area contributed by atoms with Gasteiger partial charge in [0.15, 0.2) is 0 Å². The molecule has 0 spiro atoms. The van der Waals surface area contributed by atoms with Crippen molar-refractivity contribution in [3.05, 3.63) is 54.1 Å². The minimum atomic E-state index is -0.278. The molecule has 0 unspecified atom stereocenters. The molecule has 2 aromatic carbocycles. The Labute approximate surface area is 128 Å². The zero-order valence-electron chi connectivity index (χ0n) is 12.1. The molecule has 114 valence electrons. The Morgan fingerprint density at radius 2 is 2.09 bits per heavy atom. The molecule has 0 fully saturated rings. The van der Waals surface area contributed by atoms with E-state index in [2.05, 4.69) is 15.8 Å². The van der Waals surface area contributed by atoms with Gasteiger partial charge in [0.25, 0.3) is 5.91 Å². The van der Waals surface area contributed by atoms with Gasteiger partial charge in [-0.3, -0.25) is 4.79 Å². The van der Waals surface area contributed by atoms with Gasteiger partial charge in [-0.25, -0.2) is 5.43 Å². The van der Waals surface area contributed by atoms with Crippen molar-refractivity contribution in [2.75, 3.05) is 19.0 Å². The number of carbonyl (C=O) groups is 1. The fraction of sp³-hybridized carbons (Fsp3) is 0.125. The smallest absolute Gasteiger partial charge is 0.259 e. The number of anilines is 1. The first-order chi connectivity index (χ1) is 10.7. The summed E-state index contributed by atoms with van der Waals surface area (Å²) in [4.78, 5) is 11.7. The van der Waals surface area contributed by atoms with E-state index in [1.165, 1.54) is 6.21 Å². The standard InChI is InChI=1S/C16H17N3O3/c1-22-15-7-3-5-13(9-15)17-11-16(21)19-18-10-12-4-2-6-14(20)8-12/h2-10,17,20H,11H2,1H3,(H,19,21)/b18-10-. The van der Waals surface area contributed by atoms with Gasteiger partial charge in [0.1, 0.15) is 11.5 Å². The number of phenolic OH excluding ortho intramolecular Hbond substituents is 1. The third kappa shape index (κ3) is 4.82. The lowest BCUT2D eigenvalue weighted by atomic mass is 10.2. The van der Waals surface area contributed by atoms with Crippen LogP contribution >= 0.6 is 0 Å². The Kier molecular flexibility index (Phi) is 5.37. The largest absolute Gasteiger partial charge is 0.508 e. The predicted molar refractivity (Wildman–Crippen MR) is 85.3 cm³/mol. The molecule has 6 nitrogen and oxygen atoms in total. The number of nitrogens with zero attached hydrogens (tertiary/aromatic N) is 1. The van der Waals surface area contributed by atoms with Crippen LogP contribution < -0.4 is 15.5 Å². The Balaban J connectivity index is 1.80. The Morgan fingerprint density at radius 1 is 1.27 bits per heavy atom. The molecule has 0 saturated heterocycles. The van der Waals surface area contributed by atoms with Gasteiger partial charge >= 0.3 is 0 Å². The molecule has 0 aliphatic rings. The van der Waals surface area contributed by atoms with E-state index in [0.717, 1.165) is 5.69 Å². The third-order valence-electron chi connectivity index (χ3n) is 2.80. The molecule has 2 rings (SSSR count). The van der Waals surface area contributed by atoms with Crippen molar-refractivity contribution in [3.63, 3.8) is 0 Å². The SMILES string of the molecule is COc1cccc(NCC(=O)N/N=C\c2cccc(O)c2)c1. The summed E-state index contributed by atoms with van der Waals surface area (Å²) in [6.07, 6.45) is 1.46. The van der Waals surface area contributed by atoms with Gasteiger partial charge in [-0.2, -0.15) is 5.10 Å². The summed E-state index contributed by atoms with van der Waals surface area (Å²) in [5.74, 6) is 0.585. The molecule has 1 amide bonds. The van der Waals surface area contributed by atoms with Crippen LogP contribution in [0, 0.1) is 0 Å². The van der Waals surface area contributed by atoms with Crippen LogP contribution in [0.15, 0.2) is 53.6 Å². The average molecular weight is 299 g/mol. The number of hydrogen-bond acceptors (Lipinski definition) is 5. The summed E-state index contributed by atoms with van der Waals surface area (Å²) in [6.45, 7) is 0.0878. The monoisotopic (exact) mass is 299 g/mol. The number of nitrogens with one attached hydrogen (secondary N) is 2. The van der Waals surface area contributed by atoms with E-state index in [-0.39, 0.29) is 18.2 Å². The second kappa shape index (κ2) is 7.68. The predicted octanol–water partition coefficient (Wildman–Crippen LogP) is 1.96. The number of aromatic hydroxyl groups is 1. The maximum atomic E-state index is 11.7. The first-order valence-electron chi connectivity index (χ1n) is 6.66. The quantitative estimate of drug-likeness (QED) is 0.562. The van der Waals surface area contributed by atoms with Crippen molar-refractivity contribution >= 4 is 17.8 Å². The number of rotatable bonds is 6. The molecule has 3 N–H and O–H groups in total. The summed E-state index contributed by atoms with van der Waals surface area (Å²) in [6, 6.07) is 13.9. The summed E-state index contributed by atoms with van der Waals surface area (Å²) < 4.78 is 5.10. The number of benzene rings is 2. The summed E-state index contributed by atoms with van der Waals surface area (Å²) in [5, 5.41) is 16.1. The van der Waals surface area contributed by atoms with Crippen molar-refractivity contribution in [2.24, 2.45) is 5.10 Å². The zero-order chi connectivity index (χ0) is 15.8. The second-order valence-electron chi connectivity index (χ2n) is 4.47. The number of carbonyl (C=O) groups excluding carboxylic acids is 1. The van der Waals surface area contributed by atoms with E-state index in [9.17, 15) is 9.90 Å². The van der Waals surface area contributed by atoms with Gasteiger partial charge in [-0.05, 0) is 29.8 Å². The van der Waals surface area contributed by atoms with Crippen molar-refractivity contribution in [1.82, 2.24) is 5.43 Å². The maximum Gasteiger partial charge on any atom is 0.259 e. The number of methoxy groups -OCH3 is 1. The molecule has 0 aliphatic carbocycles. The van der Waals surface area contributed by atoms with Crippen molar-refractivity contribution < 1.29 is 14.6 Å². The minimum absolute atomic E-state index is 0.0878. The second-order valence-corrected chi connectivity index (χ2v) is 4.47. The Hall–Kier alpha value is -3.02. The lowest BCUT2D eigenvalue weighted by molar-refractivity contribution is -0.119. The molecule has 22 heavy (non-hydrogen) atoms. The zero-order valence-corrected chi connectivity index (χ0v) is 12.1. The molecular weight excluding hydrogens is 282 g/mol. The van der Waals surface area contributed by atoms with E-state index in [4.69, 9.17) is 4.74 Å². The van der Waals surface area contributed by atoms with Crippen LogP contribution in [0.25, 0.3) is 0 Å². The molecule has 0 heterocycles. The number of hydrazone groups is 1. The van der Waals surface area contributed by atoms with Gasteiger partial charge < -0.3 is 15.2 Å². The van der Waals surface area contributed by atoms with Gasteiger partial charge in [0.05, 0.1) is 19.9 Å². The molecule has 0 radical (unpaired) electrons. The number of ether oxygens (including phenoxy) is 1. The van der Waals surface area contributed by atoms with E-state index in [1.807, 2.05) is 18.2 Å². The highest BCUT2D eigenvalue weighted by atomic mass is 16.5. The minimum Gasteiger partial charge on any atom is -0.508 e. The van der Waals surface area contributed by atoms with E-state index >= 15 is 0 Å². The lowest BCUT2D eigenvalue weighted by Crippen LogP contribution is -2.25. The van der Waals surface area contributed by atoms with Crippen LogP contribution in [0.3, 0.4) is 0 Å². The fourth-order valence-corrected chi connectivity index (χ4v) is 1.74. The van der Waals surface area contributed by atoms with Gasteiger partial charge in [-0.15, -0.1) is 0 Å². The number of phenols is 1. The molecule has 0 aliphatic heterocycles. The third-order valence-corrected chi connectivity index (χ3v) is 2.80. The van der Waals surface area contributed by atoms with Crippen LogP contribution in [0.2, 0.25) is 0 Å². The van der Waals surface area contributed by atoms with Gasteiger partial charge in [-0.1, -0.05) is 18.2 Å². The van der Waals surface area contributed by atoms with Crippen LogP contribution in [0.4, 0.5) is 5.69 Å². The molecular formula is C16H17N3O3. The van der Waals surface area contributed by atoms with E-state index in [0.29, 0.717) is 11.3 Å². The van der Waals surface area contributed by atoms with E-state index < -0.39 is 0 Å². The van der Waals surface area contributed by atoms with Gasteiger partial charge in [0, 0.05) is 11.8 Å². The topological polar surface area (TPSA) is 83.0 Å². The molecule has 0 saturated carbocycles. The normalized spacial score (nSPS) is 10.4. The van der Waals surface area contributed by atoms with Crippen molar-refractivity contribution in [2.45, 2.75) is 0 Å². The highest BCUT2D eigenvalue weighted by Crippen LogP contribution is 2.16. The summed E-state index contributed by atoms with van der Waals surface area (Å²) >= 11 is 0. The van der Waals surface area contributed by atoms with Crippen LogP contribution in [0.1, 0.15) is 5.56 Å². The Bertz CT molecular complexity index is 671. The molecule has 0 bridgehead atoms. The number of hydrogen-bond donors (Lipinski definition) is 3. The molecule has 2 aromatic rings. The Morgan fingerprint density at radius 3 is 2.86 bits per heavy atom. The number of amides is 1. The maximum absolute atomic E-state index is 11.7. The first kappa shape index (κ1) is 15.4. The van der Waals surface area contributed by atoms with Crippen molar-refractivity contribution in [1.29, 1.82) is 0 Å². The van der Waals surface area contributed by atoms with Crippen molar-refractivity contribution in [3.8, 4) is 11.5 Å². The highest BCUT2D eigenvalue weighted by Gasteiger charge is 2.00. The van der Waals surface area contributed by atoms with Crippen LogP contribution in [0.5, 0.6) is 11.5 Å². The van der Waals surface area contributed by atoms with E-state index in [1.54, 1.807) is 37.4 Å². The molecule has 0 aromatic heterocycles. The lowest BCUT2D eigenvalue weighted by Gasteiger charge is -2.06. The summed E-state index contributed by atoms with van der Waals surface area (Å²) in [7, 11) is 1.59. The van der Waals surface area contributed by atoms with Crippen LogP contribution in [-0.4, -0.2) is 30.9 Å². The van der Waals surface area contributed by atoms with Gasteiger partial charge in [0.2, 0.25) is 0 Å². The molecule has 0 atom stereocenters. The average Bonchev–Trinajstić information content (AvgIpc) is 2.53. The molecule has 6 heteroatoms. The highest BCUT2D eigenvalue weighted by molar-refractivity contribution is 5.84.